The highest BCUT2D eigenvalue weighted by Gasteiger charge is 2.15. The zero-order valence-electron chi connectivity index (χ0n) is 11.0. The third-order valence-corrected chi connectivity index (χ3v) is 3.18. The number of morpholine rings is 1. The van der Waals surface area contributed by atoms with Crippen LogP contribution in [0, 0.1) is 0 Å². The molecule has 100 valence electrons. The standard InChI is InChI=1S/C14H22N2O2/c1-2-18-13-5-3-12(4-6-13)14(15)11-16-7-9-17-10-8-16/h3-6,14H,2,7-11,15H2,1H3. The van der Waals surface area contributed by atoms with Crippen molar-refractivity contribution in [2.45, 2.75) is 13.0 Å². The van der Waals surface area contributed by atoms with Gasteiger partial charge in [0.05, 0.1) is 19.8 Å². The van der Waals surface area contributed by atoms with Crippen LogP contribution in [0.5, 0.6) is 5.75 Å². The minimum absolute atomic E-state index is 0.0544. The lowest BCUT2D eigenvalue weighted by molar-refractivity contribution is 0.0352. The van der Waals surface area contributed by atoms with Gasteiger partial charge >= 0.3 is 0 Å². The Balaban J connectivity index is 1.89. The van der Waals surface area contributed by atoms with E-state index in [-0.39, 0.29) is 6.04 Å². The van der Waals surface area contributed by atoms with Gasteiger partial charge in [0.15, 0.2) is 0 Å². The molecule has 2 rings (SSSR count). The van der Waals surface area contributed by atoms with Crippen molar-refractivity contribution in [2.75, 3.05) is 39.5 Å². The Kier molecular flexibility index (Phi) is 4.99. The zero-order valence-corrected chi connectivity index (χ0v) is 11.0. The first-order valence-electron chi connectivity index (χ1n) is 6.58. The van der Waals surface area contributed by atoms with Crippen LogP contribution in [0.15, 0.2) is 24.3 Å². The largest absolute Gasteiger partial charge is 0.494 e. The molecule has 0 aliphatic carbocycles. The predicted octanol–water partition coefficient (Wildman–Crippen LogP) is 1.42. The molecule has 1 aromatic carbocycles. The number of nitrogens with zero attached hydrogens (tertiary/aromatic N) is 1. The zero-order chi connectivity index (χ0) is 12.8. The Morgan fingerprint density at radius 2 is 1.94 bits per heavy atom. The number of nitrogens with two attached hydrogens (primary N) is 1. The van der Waals surface area contributed by atoms with E-state index in [1.54, 1.807) is 0 Å². The van der Waals surface area contributed by atoms with Crippen LogP contribution in [0.3, 0.4) is 0 Å². The van der Waals surface area contributed by atoms with Crippen molar-refractivity contribution in [3.05, 3.63) is 29.8 Å². The molecule has 1 fully saturated rings. The summed E-state index contributed by atoms with van der Waals surface area (Å²) in [6.07, 6.45) is 0. The lowest BCUT2D eigenvalue weighted by Crippen LogP contribution is -2.40. The van der Waals surface area contributed by atoms with Gasteiger partial charge in [-0.1, -0.05) is 12.1 Å². The molecule has 0 amide bonds. The molecule has 1 atom stereocenters. The van der Waals surface area contributed by atoms with Crippen LogP contribution >= 0.6 is 0 Å². The number of hydrogen-bond acceptors (Lipinski definition) is 4. The molecule has 0 bridgehead atoms. The molecule has 2 N–H and O–H groups in total. The average molecular weight is 250 g/mol. The van der Waals surface area contributed by atoms with Crippen LogP contribution in [0.2, 0.25) is 0 Å². The van der Waals surface area contributed by atoms with Gasteiger partial charge in [-0.25, -0.2) is 0 Å². The molecule has 1 aliphatic rings. The van der Waals surface area contributed by atoms with Crippen LogP contribution in [0.4, 0.5) is 0 Å². The van der Waals surface area contributed by atoms with Crippen molar-refractivity contribution in [3.8, 4) is 5.75 Å². The lowest BCUT2D eigenvalue weighted by atomic mass is 10.1. The van der Waals surface area contributed by atoms with Gasteiger partial charge < -0.3 is 15.2 Å². The Bertz CT molecular complexity index is 347. The molecule has 1 saturated heterocycles. The summed E-state index contributed by atoms with van der Waals surface area (Å²) < 4.78 is 10.8. The summed E-state index contributed by atoms with van der Waals surface area (Å²) in [6, 6.07) is 8.13. The molecular weight excluding hydrogens is 228 g/mol. The summed E-state index contributed by atoms with van der Waals surface area (Å²) in [5, 5.41) is 0. The second kappa shape index (κ2) is 6.73. The van der Waals surface area contributed by atoms with Gasteiger partial charge in [0.25, 0.3) is 0 Å². The van der Waals surface area contributed by atoms with Crippen LogP contribution in [0.1, 0.15) is 18.5 Å². The minimum atomic E-state index is 0.0544. The monoisotopic (exact) mass is 250 g/mol. The van der Waals surface area contributed by atoms with Crippen LogP contribution in [-0.2, 0) is 4.74 Å². The van der Waals surface area contributed by atoms with Gasteiger partial charge in [0.2, 0.25) is 0 Å². The molecule has 0 saturated carbocycles. The summed E-state index contributed by atoms with van der Waals surface area (Å²) in [4.78, 5) is 2.35. The van der Waals surface area contributed by atoms with E-state index in [9.17, 15) is 0 Å². The van der Waals surface area contributed by atoms with Gasteiger partial charge in [-0.2, -0.15) is 0 Å². The van der Waals surface area contributed by atoms with E-state index in [2.05, 4.69) is 17.0 Å². The minimum Gasteiger partial charge on any atom is -0.494 e. The van der Waals surface area contributed by atoms with Gasteiger partial charge in [-0.05, 0) is 24.6 Å². The lowest BCUT2D eigenvalue weighted by Gasteiger charge is -2.29. The number of rotatable bonds is 5. The van der Waals surface area contributed by atoms with Crippen molar-refractivity contribution >= 4 is 0 Å². The van der Waals surface area contributed by atoms with Crippen molar-refractivity contribution in [1.82, 2.24) is 4.90 Å². The molecule has 1 aliphatic heterocycles. The van der Waals surface area contributed by atoms with E-state index in [0.29, 0.717) is 6.61 Å². The van der Waals surface area contributed by atoms with E-state index < -0.39 is 0 Å². The highest BCUT2D eigenvalue weighted by molar-refractivity contribution is 5.29. The highest BCUT2D eigenvalue weighted by Crippen LogP contribution is 2.17. The predicted molar refractivity (Wildman–Crippen MR) is 71.8 cm³/mol. The Morgan fingerprint density at radius 3 is 2.56 bits per heavy atom. The normalized spacial score (nSPS) is 18.6. The third kappa shape index (κ3) is 3.70. The highest BCUT2D eigenvalue weighted by atomic mass is 16.5. The van der Waals surface area contributed by atoms with Gasteiger partial charge in [0, 0.05) is 25.7 Å². The number of ether oxygens (including phenoxy) is 2. The SMILES string of the molecule is CCOc1ccc(C(N)CN2CCOCC2)cc1. The van der Waals surface area contributed by atoms with Crippen LogP contribution in [0.25, 0.3) is 0 Å². The van der Waals surface area contributed by atoms with Crippen molar-refractivity contribution in [3.63, 3.8) is 0 Å². The summed E-state index contributed by atoms with van der Waals surface area (Å²) in [7, 11) is 0. The molecule has 4 heteroatoms. The fourth-order valence-electron chi connectivity index (χ4n) is 2.15. The first-order valence-corrected chi connectivity index (χ1v) is 6.58. The van der Waals surface area contributed by atoms with Crippen molar-refractivity contribution in [2.24, 2.45) is 5.73 Å². The second-order valence-corrected chi connectivity index (χ2v) is 4.52. The quantitative estimate of drug-likeness (QED) is 0.858. The maximum atomic E-state index is 6.23. The van der Waals surface area contributed by atoms with Gasteiger partial charge in [0.1, 0.15) is 5.75 Å². The van der Waals surface area contributed by atoms with E-state index >= 15 is 0 Å². The fraction of sp³-hybridized carbons (Fsp3) is 0.571. The smallest absolute Gasteiger partial charge is 0.119 e. The van der Waals surface area contributed by atoms with E-state index in [4.69, 9.17) is 15.2 Å². The van der Waals surface area contributed by atoms with Crippen LogP contribution < -0.4 is 10.5 Å². The molecule has 0 spiro atoms. The van der Waals surface area contributed by atoms with E-state index in [1.165, 1.54) is 0 Å². The van der Waals surface area contributed by atoms with E-state index in [0.717, 1.165) is 44.2 Å². The molecule has 0 aromatic heterocycles. The topological polar surface area (TPSA) is 47.7 Å². The summed E-state index contributed by atoms with van der Waals surface area (Å²) >= 11 is 0. The van der Waals surface area contributed by atoms with Crippen molar-refractivity contribution in [1.29, 1.82) is 0 Å². The second-order valence-electron chi connectivity index (χ2n) is 4.52. The van der Waals surface area contributed by atoms with Gasteiger partial charge in [-0.3, -0.25) is 4.90 Å². The first kappa shape index (κ1) is 13.3. The summed E-state index contributed by atoms with van der Waals surface area (Å²) in [6.45, 7) is 7.15. The Morgan fingerprint density at radius 1 is 1.28 bits per heavy atom. The fourth-order valence-corrected chi connectivity index (χ4v) is 2.15. The van der Waals surface area contributed by atoms with Crippen LogP contribution in [-0.4, -0.2) is 44.4 Å². The molecular formula is C14H22N2O2. The Hall–Kier alpha value is -1.10. The molecule has 1 aromatic rings. The maximum Gasteiger partial charge on any atom is 0.119 e. The number of hydrogen-bond donors (Lipinski definition) is 1. The molecule has 1 heterocycles. The summed E-state index contributed by atoms with van der Waals surface area (Å²) in [5.41, 5.74) is 7.38. The number of benzene rings is 1. The molecule has 1 unspecified atom stereocenters. The summed E-state index contributed by atoms with van der Waals surface area (Å²) in [5.74, 6) is 0.903. The molecule has 18 heavy (non-hydrogen) atoms. The van der Waals surface area contributed by atoms with Crippen molar-refractivity contribution < 1.29 is 9.47 Å². The van der Waals surface area contributed by atoms with E-state index in [1.807, 2.05) is 19.1 Å². The Labute approximate surface area is 109 Å². The molecule has 0 radical (unpaired) electrons. The molecule has 4 nitrogen and oxygen atoms in total. The third-order valence-electron chi connectivity index (χ3n) is 3.18. The first-order chi connectivity index (χ1) is 8.79. The maximum absolute atomic E-state index is 6.23. The average Bonchev–Trinajstić information content (AvgIpc) is 2.41. The van der Waals surface area contributed by atoms with Gasteiger partial charge in [-0.15, -0.1) is 0 Å².